The fraction of sp³-hybridized carbons (Fsp3) is 0.562. The van der Waals surface area contributed by atoms with Crippen LogP contribution >= 0.6 is 0 Å². The van der Waals surface area contributed by atoms with Gasteiger partial charge < -0.3 is 10.1 Å². The Morgan fingerprint density at radius 1 is 1.35 bits per heavy atom. The first kappa shape index (κ1) is 15.0. The fourth-order valence-corrected chi connectivity index (χ4v) is 2.45. The van der Waals surface area contributed by atoms with Crippen LogP contribution in [0.5, 0.6) is 0 Å². The topological polar surface area (TPSA) is 38.3 Å². The minimum atomic E-state index is -0.450. The van der Waals surface area contributed by atoms with Gasteiger partial charge in [0.1, 0.15) is 11.4 Å². The molecule has 4 heteroatoms. The van der Waals surface area contributed by atoms with E-state index in [1.165, 1.54) is 6.07 Å². The third kappa shape index (κ3) is 4.04. The SMILES string of the molecule is CC(C)(C)OC(=O)CNC1CC(c2ccccc2F)C1. The lowest BCUT2D eigenvalue weighted by atomic mass is 9.75. The minimum Gasteiger partial charge on any atom is -0.459 e. The van der Waals surface area contributed by atoms with Gasteiger partial charge in [0.15, 0.2) is 0 Å². The molecule has 0 aliphatic heterocycles. The van der Waals surface area contributed by atoms with E-state index in [1.807, 2.05) is 32.9 Å². The van der Waals surface area contributed by atoms with Gasteiger partial charge in [0.05, 0.1) is 6.54 Å². The molecule has 1 N–H and O–H groups in total. The number of esters is 1. The maximum Gasteiger partial charge on any atom is 0.320 e. The Balaban J connectivity index is 1.72. The van der Waals surface area contributed by atoms with Crippen molar-refractivity contribution < 1.29 is 13.9 Å². The summed E-state index contributed by atoms with van der Waals surface area (Å²) < 4.78 is 18.8. The van der Waals surface area contributed by atoms with Crippen molar-refractivity contribution in [3.8, 4) is 0 Å². The maximum absolute atomic E-state index is 13.6. The lowest BCUT2D eigenvalue weighted by Crippen LogP contribution is -2.43. The van der Waals surface area contributed by atoms with E-state index in [1.54, 1.807) is 6.07 Å². The second kappa shape index (κ2) is 5.92. The average Bonchev–Trinajstić information content (AvgIpc) is 2.26. The number of rotatable bonds is 4. The molecule has 110 valence electrons. The highest BCUT2D eigenvalue weighted by atomic mass is 19.1. The second-order valence-corrected chi connectivity index (χ2v) is 6.35. The predicted octanol–water partition coefficient (Wildman–Crippen LogP) is 3.00. The van der Waals surface area contributed by atoms with Crippen LogP contribution in [-0.2, 0) is 9.53 Å². The van der Waals surface area contributed by atoms with Gasteiger partial charge in [-0.1, -0.05) is 18.2 Å². The van der Waals surface area contributed by atoms with Crippen molar-refractivity contribution in [2.45, 2.75) is 51.2 Å². The Kier molecular flexibility index (Phi) is 4.43. The third-order valence-corrected chi connectivity index (χ3v) is 3.44. The molecule has 0 bridgehead atoms. The Bertz CT molecular complexity index is 476. The molecule has 0 heterocycles. The summed E-state index contributed by atoms with van der Waals surface area (Å²) in [6.07, 6.45) is 1.73. The highest BCUT2D eigenvalue weighted by Gasteiger charge is 2.32. The highest BCUT2D eigenvalue weighted by molar-refractivity contribution is 5.72. The van der Waals surface area contributed by atoms with Crippen LogP contribution in [-0.4, -0.2) is 24.2 Å². The van der Waals surface area contributed by atoms with Crippen molar-refractivity contribution in [1.82, 2.24) is 5.32 Å². The van der Waals surface area contributed by atoms with Crippen molar-refractivity contribution >= 4 is 5.97 Å². The van der Waals surface area contributed by atoms with Gasteiger partial charge in [-0.2, -0.15) is 0 Å². The lowest BCUT2D eigenvalue weighted by Gasteiger charge is -2.36. The summed E-state index contributed by atoms with van der Waals surface area (Å²) in [7, 11) is 0. The molecular weight excluding hydrogens is 257 g/mol. The number of halogens is 1. The molecule has 0 aromatic heterocycles. The molecular formula is C16H22FNO2. The Labute approximate surface area is 119 Å². The van der Waals surface area contributed by atoms with Gasteiger partial charge >= 0.3 is 5.97 Å². The molecule has 1 aliphatic carbocycles. The highest BCUT2D eigenvalue weighted by Crippen LogP contribution is 2.37. The van der Waals surface area contributed by atoms with Crippen molar-refractivity contribution in [1.29, 1.82) is 0 Å². The molecule has 0 unspecified atom stereocenters. The van der Waals surface area contributed by atoms with E-state index in [9.17, 15) is 9.18 Å². The van der Waals surface area contributed by atoms with Crippen molar-refractivity contribution in [2.24, 2.45) is 0 Å². The normalized spacial score (nSPS) is 22.2. The molecule has 1 aromatic carbocycles. The zero-order valence-electron chi connectivity index (χ0n) is 12.3. The van der Waals surface area contributed by atoms with Crippen LogP contribution in [0.15, 0.2) is 24.3 Å². The van der Waals surface area contributed by atoms with E-state index in [0.29, 0.717) is 0 Å². The number of benzene rings is 1. The largest absolute Gasteiger partial charge is 0.459 e. The van der Waals surface area contributed by atoms with Crippen LogP contribution in [0.3, 0.4) is 0 Å². The summed E-state index contributed by atoms with van der Waals surface area (Å²) in [5.41, 5.74) is 0.330. The molecule has 1 saturated carbocycles. The average molecular weight is 279 g/mol. The summed E-state index contributed by atoms with van der Waals surface area (Å²) in [5, 5.41) is 3.16. The van der Waals surface area contributed by atoms with Gasteiger partial charge in [0.25, 0.3) is 0 Å². The number of carbonyl (C=O) groups is 1. The van der Waals surface area contributed by atoms with Crippen LogP contribution in [0.25, 0.3) is 0 Å². The fourth-order valence-electron chi connectivity index (χ4n) is 2.45. The van der Waals surface area contributed by atoms with E-state index in [2.05, 4.69) is 5.32 Å². The van der Waals surface area contributed by atoms with E-state index < -0.39 is 5.60 Å². The molecule has 0 amide bonds. The summed E-state index contributed by atoms with van der Waals surface area (Å²) in [6, 6.07) is 7.17. The van der Waals surface area contributed by atoms with E-state index in [-0.39, 0.29) is 30.3 Å². The smallest absolute Gasteiger partial charge is 0.320 e. The molecule has 2 rings (SSSR count). The van der Waals surface area contributed by atoms with Gasteiger partial charge in [-0.3, -0.25) is 4.79 Å². The van der Waals surface area contributed by atoms with E-state index in [0.717, 1.165) is 18.4 Å². The van der Waals surface area contributed by atoms with Crippen LogP contribution < -0.4 is 5.32 Å². The van der Waals surface area contributed by atoms with Crippen LogP contribution in [0, 0.1) is 5.82 Å². The first-order chi connectivity index (χ1) is 9.35. The standard InChI is InChI=1S/C16H22FNO2/c1-16(2,3)20-15(19)10-18-12-8-11(9-12)13-6-4-5-7-14(13)17/h4-7,11-12,18H,8-10H2,1-3H3. The van der Waals surface area contributed by atoms with Gasteiger partial charge in [0, 0.05) is 6.04 Å². The molecule has 0 saturated heterocycles. The Hall–Kier alpha value is -1.42. The number of nitrogens with one attached hydrogen (secondary N) is 1. The summed E-state index contributed by atoms with van der Waals surface area (Å²) in [6.45, 7) is 5.76. The number of hydrogen-bond acceptors (Lipinski definition) is 3. The maximum atomic E-state index is 13.6. The summed E-state index contributed by atoms with van der Waals surface area (Å²) >= 11 is 0. The number of carbonyl (C=O) groups excluding carboxylic acids is 1. The third-order valence-electron chi connectivity index (χ3n) is 3.44. The van der Waals surface area contributed by atoms with Crippen LogP contribution in [0.1, 0.15) is 45.1 Å². The zero-order valence-corrected chi connectivity index (χ0v) is 12.3. The molecule has 3 nitrogen and oxygen atoms in total. The summed E-state index contributed by atoms with van der Waals surface area (Å²) in [4.78, 5) is 11.6. The van der Waals surface area contributed by atoms with Gasteiger partial charge in [-0.25, -0.2) is 4.39 Å². The van der Waals surface area contributed by atoms with Crippen LogP contribution in [0.4, 0.5) is 4.39 Å². The monoisotopic (exact) mass is 279 g/mol. The molecule has 0 radical (unpaired) electrons. The number of hydrogen-bond donors (Lipinski definition) is 1. The first-order valence-corrected chi connectivity index (χ1v) is 7.05. The molecule has 0 atom stereocenters. The Morgan fingerprint density at radius 3 is 2.60 bits per heavy atom. The second-order valence-electron chi connectivity index (χ2n) is 6.35. The predicted molar refractivity (Wildman–Crippen MR) is 76.0 cm³/mol. The van der Waals surface area contributed by atoms with E-state index >= 15 is 0 Å². The van der Waals surface area contributed by atoms with Crippen molar-refractivity contribution in [3.63, 3.8) is 0 Å². The molecule has 1 aliphatic rings. The minimum absolute atomic E-state index is 0.136. The molecule has 1 fully saturated rings. The molecule has 0 spiro atoms. The summed E-state index contributed by atoms with van der Waals surface area (Å²) in [5.74, 6) is -0.123. The van der Waals surface area contributed by atoms with Gasteiger partial charge in [-0.15, -0.1) is 0 Å². The molecule has 20 heavy (non-hydrogen) atoms. The Morgan fingerprint density at radius 2 is 2.00 bits per heavy atom. The van der Waals surface area contributed by atoms with Crippen LogP contribution in [0.2, 0.25) is 0 Å². The van der Waals surface area contributed by atoms with Gasteiger partial charge in [-0.05, 0) is 51.2 Å². The van der Waals surface area contributed by atoms with Crippen molar-refractivity contribution in [3.05, 3.63) is 35.6 Å². The van der Waals surface area contributed by atoms with E-state index in [4.69, 9.17) is 4.74 Å². The number of ether oxygens (including phenoxy) is 1. The first-order valence-electron chi connectivity index (χ1n) is 7.05. The molecule has 1 aromatic rings. The lowest BCUT2D eigenvalue weighted by molar-refractivity contribution is -0.153. The van der Waals surface area contributed by atoms with Gasteiger partial charge in [0.2, 0.25) is 0 Å². The van der Waals surface area contributed by atoms with Crippen molar-refractivity contribution in [2.75, 3.05) is 6.54 Å². The zero-order chi connectivity index (χ0) is 14.8. The quantitative estimate of drug-likeness (QED) is 0.861.